The van der Waals surface area contributed by atoms with Gasteiger partial charge in [0.15, 0.2) is 0 Å². The van der Waals surface area contributed by atoms with Gasteiger partial charge in [-0.05, 0) is 12.3 Å². The largest absolute Gasteiger partial charge is 0.497 e. The van der Waals surface area contributed by atoms with Gasteiger partial charge in [-0.2, -0.15) is 0 Å². The molecule has 1 unspecified atom stereocenters. The monoisotopic (exact) mass is 376 g/mol. The van der Waals surface area contributed by atoms with Gasteiger partial charge in [-0.1, -0.05) is 0 Å². The first-order valence-electron chi connectivity index (χ1n) is 8.53. The molecule has 1 atom stereocenters. The second-order valence-electron chi connectivity index (χ2n) is 6.21. The lowest BCUT2D eigenvalue weighted by Crippen LogP contribution is -2.31. The Bertz CT molecular complexity index is 742. The van der Waals surface area contributed by atoms with Crippen LogP contribution >= 0.6 is 11.3 Å². The van der Waals surface area contributed by atoms with Crippen LogP contribution in [0.1, 0.15) is 21.9 Å². The van der Waals surface area contributed by atoms with Crippen molar-refractivity contribution in [3.63, 3.8) is 0 Å². The topological polar surface area (TPSA) is 89.7 Å². The summed E-state index contributed by atoms with van der Waals surface area (Å²) in [6.45, 7) is 2.80. The van der Waals surface area contributed by atoms with Crippen LogP contribution in [0.2, 0.25) is 0 Å². The van der Waals surface area contributed by atoms with Crippen LogP contribution in [0.5, 0.6) is 11.5 Å². The molecule has 0 radical (unpaired) electrons. The quantitative estimate of drug-likeness (QED) is 0.767. The predicted molar refractivity (Wildman–Crippen MR) is 102 cm³/mol. The number of rotatable bonds is 7. The molecule has 8 heteroatoms. The molecular weight excluding hydrogens is 352 g/mol. The number of nitrogens with zero attached hydrogens (tertiary/aromatic N) is 2. The molecule has 0 aliphatic carbocycles. The minimum atomic E-state index is -0.137. The van der Waals surface area contributed by atoms with Crippen molar-refractivity contribution in [2.45, 2.75) is 13.0 Å². The lowest BCUT2D eigenvalue weighted by atomic mass is 10.1. The van der Waals surface area contributed by atoms with Crippen LogP contribution in [0, 0.1) is 5.92 Å². The van der Waals surface area contributed by atoms with Gasteiger partial charge in [0.05, 0.1) is 14.2 Å². The number of nitrogens with two attached hydrogens (primary N) is 1. The van der Waals surface area contributed by atoms with Crippen molar-refractivity contribution in [1.29, 1.82) is 0 Å². The number of hydrogen-bond acceptors (Lipinski definition) is 7. The van der Waals surface area contributed by atoms with Crippen LogP contribution in [-0.4, -0.2) is 44.7 Å². The molecule has 1 amide bonds. The van der Waals surface area contributed by atoms with Crippen molar-refractivity contribution in [2.75, 3.05) is 38.8 Å². The van der Waals surface area contributed by atoms with Crippen LogP contribution in [0.4, 0.5) is 5.69 Å². The molecule has 1 aliphatic rings. The molecule has 1 aromatic carbocycles. The van der Waals surface area contributed by atoms with Crippen LogP contribution in [0.3, 0.4) is 0 Å². The van der Waals surface area contributed by atoms with Crippen molar-refractivity contribution in [1.82, 2.24) is 10.3 Å². The van der Waals surface area contributed by atoms with Crippen molar-refractivity contribution in [2.24, 2.45) is 11.7 Å². The fourth-order valence-corrected chi connectivity index (χ4v) is 3.70. The van der Waals surface area contributed by atoms with E-state index in [2.05, 4.69) is 15.2 Å². The molecule has 0 spiro atoms. The fraction of sp³-hybridized carbons (Fsp3) is 0.444. The third-order valence-corrected chi connectivity index (χ3v) is 5.37. The van der Waals surface area contributed by atoms with E-state index in [0.29, 0.717) is 24.7 Å². The number of carbonyl (C=O) groups is 1. The van der Waals surface area contributed by atoms with Crippen molar-refractivity contribution in [3.8, 4) is 11.5 Å². The van der Waals surface area contributed by atoms with E-state index in [1.807, 2.05) is 18.2 Å². The Hall–Kier alpha value is -2.32. The van der Waals surface area contributed by atoms with E-state index >= 15 is 0 Å². The number of benzene rings is 1. The Morgan fingerprint density at radius 2 is 2.08 bits per heavy atom. The average Bonchev–Trinajstić information content (AvgIpc) is 3.35. The molecule has 7 nitrogen and oxygen atoms in total. The molecule has 3 N–H and O–H groups in total. The highest BCUT2D eigenvalue weighted by molar-refractivity contribution is 7.09. The maximum absolute atomic E-state index is 12.2. The molecule has 1 aromatic heterocycles. The van der Waals surface area contributed by atoms with Gasteiger partial charge in [-0.3, -0.25) is 4.79 Å². The summed E-state index contributed by atoms with van der Waals surface area (Å²) in [6, 6.07) is 5.88. The lowest BCUT2D eigenvalue weighted by molar-refractivity contribution is 0.0944. The van der Waals surface area contributed by atoms with E-state index in [0.717, 1.165) is 41.7 Å². The van der Waals surface area contributed by atoms with Gasteiger partial charge < -0.3 is 25.4 Å². The second-order valence-corrected chi connectivity index (χ2v) is 7.15. The molecule has 1 fully saturated rings. The van der Waals surface area contributed by atoms with Crippen LogP contribution in [0.15, 0.2) is 23.6 Å². The smallest absolute Gasteiger partial charge is 0.270 e. The maximum Gasteiger partial charge on any atom is 0.270 e. The van der Waals surface area contributed by atoms with Crippen LogP contribution in [-0.2, 0) is 6.54 Å². The predicted octanol–water partition coefficient (Wildman–Crippen LogP) is 1.88. The van der Waals surface area contributed by atoms with Crippen LogP contribution in [0.25, 0.3) is 0 Å². The molecule has 1 saturated heterocycles. The first-order valence-corrected chi connectivity index (χ1v) is 9.41. The summed E-state index contributed by atoms with van der Waals surface area (Å²) in [7, 11) is 3.30. The molecule has 1 aliphatic heterocycles. The number of thiazole rings is 1. The zero-order chi connectivity index (χ0) is 18.5. The summed E-state index contributed by atoms with van der Waals surface area (Å²) in [4.78, 5) is 18.7. The minimum absolute atomic E-state index is 0.137. The first kappa shape index (κ1) is 18.5. The zero-order valence-corrected chi connectivity index (χ0v) is 15.8. The number of anilines is 1. The Morgan fingerprint density at radius 3 is 2.69 bits per heavy atom. The first-order chi connectivity index (χ1) is 12.6. The molecule has 2 aromatic rings. The highest BCUT2D eigenvalue weighted by Crippen LogP contribution is 2.31. The van der Waals surface area contributed by atoms with E-state index < -0.39 is 0 Å². The van der Waals surface area contributed by atoms with Crippen LogP contribution < -0.4 is 25.4 Å². The van der Waals surface area contributed by atoms with E-state index in [1.54, 1.807) is 19.6 Å². The normalized spacial score (nSPS) is 16.6. The Labute approximate surface area is 157 Å². The summed E-state index contributed by atoms with van der Waals surface area (Å²) in [5.41, 5.74) is 7.06. The third-order valence-electron chi connectivity index (χ3n) is 4.50. The molecule has 2 heterocycles. The van der Waals surface area contributed by atoms with E-state index in [1.165, 1.54) is 11.3 Å². The number of methoxy groups -OCH3 is 2. The number of carbonyl (C=O) groups excluding carboxylic acids is 1. The highest BCUT2D eigenvalue weighted by Gasteiger charge is 2.24. The number of nitrogens with one attached hydrogen (secondary N) is 1. The highest BCUT2D eigenvalue weighted by atomic mass is 32.1. The Kier molecular flexibility index (Phi) is 5.95. The van der Waals surface area contributed by atoms with Gasteiger partial charge >= 0.3 is 0 Å². The van der Waals surface area contributed by atoms with E-state index in [4.69, 9.17) is 15.2 Å². The summed E-state index contributed by atoms with van der Waals surface area (Å²) in [5.74, 6) is 1.80. The lowest BCUT2D eigenvalue weighted by Gasteiger charge is -2.20. The Morgan fingerprint density at radius 1 is 1.35 bits per heavy atom. The molecule has 0 bridgehead atoms. The Balaban J connectivity index is 1.56. The van der Waals surface area contributed by atoms with Gasteiger partial charge in [0.1, 0.15) is 22.2 Å². The van der Waals surface area contributed by atoms with Gasteiger partial charge in [0.25, 0.3) is 5.91 Å². The number of amides is 1. The average molecular weight is 376 g/mol. The minimum Gasteiger partial charge on any atom is -0.497 e. The summed E-state index contributed by atoms with van der Waals surface area (Å²) >= 11 is 1.41. The number of aromatic nitrogens is 1. The van der Waals surface area contributed by atoms with Crippen molar-refractivity contribution in [3.05, 3.63) is 34.3 Å². The summed E-state index contributed by atoms with van der Waals surface area (Å²) < 4.78 is 10.7. The maximum atomic E-state index is 12.2. The van der Waals surface area contributed by atoms with Gasteiger partial charge in [0.2, 0.25) is 0 Å². The van der Waals surface area contributed by atoms with Gasteiger partial charge in [-0.15, -0.1) is 11.3 Å². The van der Waals surface area contributed by atoms with Crippen molar-refractivity contribution >= 4 is 22.9 Å². The summed E-state index contributed by atoms with van der Waals surface area (Å²) in [6.07, 6.45) is 1.02. The summed E-state index contributed by atoms with van der Waals surface area (Å²) in [5, 5.41) is 5.51. The molecule has 3 rings (SSSR count). The molecule has 140 valence electrons. The third kappa shape index (κ3) is 4.25. The molecule has 26 heavy (non-hydrogen) atoms. The zero-order valence-electron chi connectivity index (χ0n) is 15.0. The van der Waals surface area contributed by atoms with Gasteiger partial charge in [-0.25, -0.2) is 4.98 Å². The molecular formula is C18H24N4O3S. The van der Waals surface area contributed by atoms with E-state index in [-0.39, 0.29) is 5.91 Å². The van der Waals surface area contributed by atoms with E-state index in [9.17, 15) is 4.79 Å². The SMILES string of the molecule is COc1cc(OC)cc(N2CCC(CNC(=O)c3csc(CN)n3)C2)c1. The number of hydrogen-bond donors (Lipinski definition) is 2. The standard InChI is InChI=1S/C18H24N4O3S/c1-24-14-5-13(6-15(7-14)25-2)22-4-3-12(10-22)9-20-18(23)16-11-26-17(8-19)21-16/h5-7,11-12H,3-4,8-10,19H2,1-2H3,(H,20,23). The van der Waals surface area contributed by atoms with Gasteiger partial charge in [0, 0.05) is 55.4 Å². The second kappa shape index (κ2) is 8.37. The van der Waals surface area contributed by atoms with Crippen molar-refractivity contribution < 1.29 is 14.3 Å². The number of ether oxygens (including phenoxy) is 2. The molecule has 0 saturated carbocycles. The fourth-order valence-electron chi connectivity index (χ4n) is 3.05.